The molecule has 5 aromatic rings. The fourth-order valence-electron chi connectivity index (χ4n) is 3.58. The number of nitrogens with zero attached hydrogens (tertiary/aromatic N) is 4. The van der Waals surface area contributed by atoms with Gasteiger partial charge in [0.05, 0.1) is 0 Å². The van der Waals surface area contributed by atoms with Crippen LogP contribution in [0.5, 0.6) is 0 Å². The first-order valence-corrected chi connectivity index (χ1v) is 12.1. The largest absolute Gasteiger partial charge is 0.301 e. The third-order valence-electron chi connectivity index (χ3n) is 5.09. The molecule has 0 amide bonds. The van der Waals surface area contributed by atoms with Gasteiger partial charge in [-0.25, -0.2) is 4.98 Å². The molecule has 0 aliphatic heterocycles. The number of aromatic nitrogens is 4. The van der Waals surface area contributed by atoms with Crippen molar-refractivity contribution in [3.05, 3.63) is 99.0 Å². The van der Waals surface area contributed by atoms with Crippen LogP contribution in [-0.2, 0) is 0 Å². The Morgan fingerprint density at radius 3 is 2.44 bits per heavy atom. The topological polar surface area (TPSA) is 52.7 Å². The van der Waals surface area contributed by atoms with Crippen molar-refractivity contribution >= 4 is 50.5 Å². The van der Waals surface area contributed by atoms with Crippen molar-refractivity contribution in [3.8, 4) is 22.8 Å². The predicted molar refractivity (Wildman–Crippen MR) is 134 cm³/mol. The molecule has 0 unspecified atom stereocenters. The summed E-state index contributed by atoms with van der Waals surface area (Å²) in [6, 6.07) is 23.3. The maximum absolute atomic E-state index is 13.0. The van der Waals surface area contributed by atoms with E-state index in [9.17, 15) is 4.79 Å². The summed E-state index contributed by atoms with van der Waals surface area (Å²) in [7, 11) is 0. The molecule has 0 spiro atoms. The third-order valence-corrected chi connectivity index (χ3v) is 6.60. The lowest BCUT2D eigenvalue weighted by Gasteiger charge is -2.17. The van der Waals surface area contributed by atoms with Crippen LogP contribution in [0.4, 0.5) is 0 Å². The zero-order valence-electron chi connectivity index (χ0n) is 16.9. The first-order valence-electron chi connectivity index (χ1n) is 9.71. The summed E-state index contributed by atoms with van der Waals surface area (Å²) >= 11 is 11.3. The molecule has 0 saturated heterocycles. The van der Waals surface area contributed by atoms with Crippen molar-refractivity contribution in [1.82, 2.24) is 19.1 Å². The molecule has 0 radical (unpaired) electrons. The summed E-state index contributed by atoms with van der Waals surface area (Å²) in [5, 5.41) is 0.630. The van der Waals surface area contributed by atoms with E-state index >= 15 is 0 Å². The van der Waals surface area contributed by atoms with E-state index in [1.807, 2.05) is 82.1 Å². The minimum absolute atomic E-state index is 0.301. The van der Waals surface area contributed by atoms with Crippen LogP contribution in [0.2, 0.25) is 5.02 Å². The molecular weight excluding hydrogens is 508 g/mol. The van der Waals surface area contributed by atoms with E-state index in [1.54, 1.807) is 18.1 Å². The fraction of sp³-hybridized carbons (Fsp3) is 0.0417. The van der Waals surface area contributed by atoms with Gasteiger partial charge in [0.1, 0.15) is 12.2 Å². The smallest absolute Gasteiger partial charge is 0.284 e. The lowest BCUT2D eigenvalue weighted by atomic mass is 10.2. The van der Waals surface area contributed by atoms with Gasteiger partial charge in [0, 0.05) is 31.3 Å². The van der Waals surface area contributed by atoms with E-state index in [0.29, 0.717) is 22.0 Å². The van der Waals surface area contributed by atoms with Crippen LogP contribution in [0.3, 0.4) is 0 Å². The molecule has 0 bridgehead atoms. The van der Waals surface area contributed by atoms with Gasteiger partial charge < -0.3 is 0 Å². The van der Waals surface area contributed by atoms with Gasteiger partial charge >= 0.3 is 5.56 Å². The highest BCUT2D eigenvalue weighted by molar-refractivity contribution is 9.10. The van der Waals surface area contributed by atoms with E-state index < -0.39 is 0 Å². The molecule has 0 fully saturated rings. The maximum atomic E-state index is 13.0. The van der Waals surface area contributed by atoms with Gasteiger partial charge in [-0.05, 0) is 60.9 Å². The number of fused-ring (bicyclic) bond motifs is 1. The average Bonchev–Trinajstić information content (AvgIpc) is 3.26. The van der Waals surface area contributed by atoms with Gasteiger partial charge in [-0.3, -0.25) is 13.9 Å². The summed E-state index contributed by atoms with van der Waals surface area (Å²) in [5.41, 5.74) is 3.12. The van der Waals surface area contributed by atoms with Crippen LogP contribution in [-0.4, -0.2) is 25.4 Å². The fourth-order valence-corrected chi connectivity index (χ4v) is 4.43. The quantitative estimate of drug-likeness (QED) is 0.257. The molecule has 158 valence electrons. The SMILES string of the molecule is CSc1cccc(-n2cnc3c(=O)nc(-c4ccc(Br)cc4)n(-c4ccc(Cl)cc4)c32)c1. The highest BCUT2D eigenvalue weighted by Crippen LogP contribution is 2.29. The Balaban J connectivity index is 1.90. The Bertz CT molecular complexity index is 1490. The van der Waals surface area contributed by atoms with Crippen LogP contribution < -0.4 is 5.56 Å². The van der Waals surface area contributed by atoms with Gasteiger partial charge in [0.2, 0.25) is 0 Å². The molecular formula is C24H16BrClN4OS. The predicted octanol–water partition coefficient (Wildman–Crippen LogP) is 6.38. The average molecular weight is 524 g/mol. The molecule has 5 rings (SSSR count). The van der Waals surface area contributed by atoms with E-state index in [2.05, 4.69) is 32.0 Å². The number of imidazole rings is 1. The number of benzene rings is 3. The van der Waals surface area contributed by atoms with Gasteiger partial charge in [0.25, 0.3) is 0 Å². The van der Waals surface area contributed by atoms with Crippen LogP contribution >= 0.6 is 39.3 Å². The van der Waals surface area contributed by atoms with Crippen LogP contribution in [0.25, 0.3) is 33.9 Å². The van der Waals surface area contributed by atoms with Crippen molar-refractivity contribution in [2.24, 2.45) is 0 Å². The molecule has 0 N–H and O–H groups in total. The van der Waals surface area contributed by atoms with Crippen molar-refractivity contribution in [3.63, 3.8) is 0 Å². The number of rotatable bonds is 4. The second-order valence-corrected chi connectivity index (χ2v) is 9.28. The summed E-state index contributed by atoms with van der Waals surface area (Å²) < 4.78 is 4.83. The molecule has 5 nitrogen and oxygen atoms in total. The zero-order valence-corrected chi connectivity index (χ0v) is 20.0. The second-order valence-electron chi connectivity index (χ2n) is 7.05. The van der Waals surface area contributed by atoms with Gasteiger partial charge in [0.15, 0.2) is 11.2 Å². The Labute approximate surface area is 201 Å². The summed E-state index contributed by atoms with van der Waals surface area (Å²) in [5.74, 6) is 0.528. The second kappa shape index (κ2) is 8.58. The zero-order chi connectivity index (χ0) is 22.2. The van der Waals surface area contributed by atoms with E-state index in [0.717, 1.165) is 26.3 Å². The number of halogens is 2. The summed E-state index contributed by atoms with van der Waals surface area (Å²) in [6.45, 7) is 0. The lowest BCUT2D eigenvalue weighted by Crippen LogP contribution is -2.17. The van der Waals surface area contributed by atoms with E-state index in [4.69, 9.17) is 11.6 Å². The number of hydrogen-bond acceptors (Lipinski definition) is 4. The maximum Gasteiger partial charge on any atom is 0.301 e. The highest BCUT2D eigenvalue weighted by Gasteiger charge is 2.19. The van der Waals surface area contributed by atoms with Crippen molar-refractivity contribution in [2.75, 3.05) is 6.26 Å². The molecule has 0 atom stereocenters. The van der Waals surface area contributed by atoms with Crippen LogP contribution in [0, 0.1) is 0 Å². The molecule has 0 aliphatic rings. The number of hydrogen-bond donors (Lipinski definition) is 0. The summed E-state index contributed by atoms with van der Waals surface area (Å²) in [6.07, 6.45) is 3.70. The van der Waals surface area contributed by atoms with Crippen molar-refractivity contribution in [1.29, 1.82) is 0 Å². The van der Waals surface area contributed by atoms with E-state index in [-0.39, 0.29) is 5.56 Å². The standard InChI is InChI=1S/C24H16BrClN4OS/c1-32-20-4-2-3-19(13-20)29-14-27-21-23(31)28-22(15-5-7-16(25)8-6-15)30(24(21)29)18-11-9-17(26)10-12-18/h2-14H,1H3. The monoisotopic (exact) mass is 522 g/mol. The summed E-state index contributed by atoms with van der Waals surface area (Å²) in [4.78, 5) is 23.0. The molecule has 8 heteroatoms. The normalized spacial score (nSPS) is 11.2. The molecule has 32 heavy (non-hydrogen) atoms. The van der Waals surface area contributed by atoms with Gasteiger partial charge in [-0.15, -0.1) is 11.8 Å². The molecule has 2 aromatic heterocycles. The minimum atomic E-state index is -0.372. The molecule has 0 aliphatic carbocycles. The van der Waals surface area contributed by atoms with Gasteiger partial charge in [-0.2, -0.15) is 4.98 Å². The Morgan fingerprint density at radius 1 is 0.969 bits per heavy atom. The molecule has 2 heterocycles. The Morgan fingerprint density at radius 2 is 1.72 bits per heavy atom. The number of thioether (sulfide) groups is 1. The third kappa shape index (κ3) is 3.77. The molecule has 3 aromatic carbocycles. The van der Waals surface area contributed by atoms with Crippen molar-refractivity contribution < 1.29 is 0 Å². The lowest BCUT2D eigenvalue weighted by molar-refractivity contribution is 0.967. The Hall–Kier alpha value is -2.87. The highest BCUT2D eigenvalue weighted by atomic mass is 79.9. The van der Waals surface area contributed by atoms with Crippen LogP contribution in [0.1, 0.15) is 0 Å². The Kier molecular flexibility index (Phi) is 5.63. The van der Waals surface area contributed by atoms with Gasteiger partial charge in [-0.1, -0.05) is 45.7 Å². The molecule has 0 saturated carbocycles. The first kappa shape index (κ1) is 21.0. The van der Waals surface area contributed by atoms with Crippen molar-refractivity contribution in [2.45, 2.75) is 4.90 Å². The first-order chi connectivity index (χ1) is 15.5. The van der Waals surface area contributed by atoms with Crippen LogP contribution in [0.15, 0.2) is 93.3 Å². The minimum Gasteiger partial charge on any atom is -0.284 e. The van der Waals surface area contributed by atoms with E-state index in [1.165, 1.54) is 0 Å².